The Morgan fingerprint density at radius 3 is 2.92 bits per heavy atom. The first-order chi connectivity index (χ1) is 12.4. The molecule has 0 radical (unpaired) electrons. The Balaban J connectivity index is 1.56. The summed E-state index contributed by atoms with van der Waals surface area (Å²) in [6, 6.07) is 4.64. The van der Waals surface area contributed by atoms with E-state index < -0.39 is 11.6 Å². The van der Waals surface area contributed by atoms with Gasteiger partial charge in [0.25, 0.3) is 16.7 Å². The summed E-state index contributed by atoms with van der Waals surface area (Å²) >= 11 is 4.97. The second-order valence-corrected chi connectivity index (χ2v) is 7.30. The van der Waals surface area contributed by atoms with Gasteiger partial charge in [-0.1, -0.05) is 0 Å². The zero-order valence-electron chi connectivity index (χ0n) is 14.1. The predicted molar refractivity (Wildman–Crippen MR) is 95.1 cm³/mol. The van der Waals surface area contributed by atoms with Crippen molar-refractivity contribution in [2.45, 2.75) is 25.3 Å². The van der Waals surface area contributed by atoms with Gasteiger partial charge in [0.2, 0.25) is 0 Å². The van der Waals surface area contributed by atoms with Crippen LogP contribution in [0.25, 0.3) is 11.1 Å². The summed E-state index contributed by atoms with van der Waals surface area (Å²) in [5.74, 6) is -0.602. The number of imide groups is 1. The maximum absolute atomic E-state index is 12.9. The lowest BCUT2D eigenvalue weighted by Crippen LogP contribution is -2.56. The van der Waals surface area contributed by atoms with Crippen molar-refractivity contribution in [3.05, 3.63) is 28.6 Å². The van der Waals surface area contributed by atoms with Crippen molar-refractivity contribution >= 4 is 41.2 Å². The average Bonchev–Trinajstić information content (AvgIpc) is 3.12. The fourth-order valence-corrected chi connectivity index (χ4v) is 3.94. The number of rotatable bonds is 2. The summed E-state index contributed by atoms with van der Waals surface area (Å²) in [5.41, 5.74) is 0.801. The van der Waals surface area contributed by atoms with Crippen molar-refractivity contribution in [3.63, 3.8) is 0 Å². The number of likely N-dealkylation sites (tertiary alicyclic amines) is 1. The molecule has 8 nitrogen and oxygen atoms in total. The Bertz CT molecular complexity index is 981. The first kappa shape index (κ1) is 16.8. The molecule has 9 heteroatoms. The highest BCUT2D eigenvalue weighted by molar-refractivity contribution is 7.71. The van der Waals surface area contributed by atoms with Crippen LogP contribution in [0.3, 0.4) is 0 Å². The third-order valence-corrected chi connectivity index (χ3v) is 5.45. The Labute approximate surface area is 153 Å². The molecule has 2 atom stereocenters. The fraction of sp³-hybridized carbons (Fsp3) is 0.412. The molecule has 2 aromatic rings. The summed E-state index contributed by atoms with van der Waals surface area (Å²) < 4.78 is 5.32. The molecule has 1 aromatic heterocycles. The molecule has 2 aliphatic heterocycles. The van der Waals surface area contributed by atoms with Crippen LogP contribution in [0.15, 0.2) is 22.6 Å². The Morgan fingerprint density at radius 2 is 2.19 bits per heavy atom. The van der Waals surface area contributed by atoms with Crippen LogP contribution in [0.1, 0.15) is 30.1 Å². The molecule has 2 saturated heterocycles. The van der Waals surface area contributed by atoms with E-state index in [0.717, 1.165) is 12.8 Å². The molecule has 26 heavy (non-hydrogen) atoms. The number of nitrogens with one attached hydrogen (secondary N) is 3. The van der Waals surface area contributed by atoms with E-state index in [1.54, 1.807) is 30.0 Å². The van der Waals surface area contributed by atoms with Gasteiger partial charge in [-0.3, -0.25) is 14.9 Å². The van der Waals surface area contributed by atoms with E-state index in [2.05, 4.69) is 15.6 Å². The van der Waals surface area contributed by atoms with Crippen LogP contribution in [0.2, 0.25) is 0 Å². The quantitative estimate of drug-likeness (QED) is 0.550. The van der Waals surface area contributed by atoms with Crippen molar-refractivity contribution in [1.82, 2.24) is 20.5 Å². The Morgan fingerprint density at radius 1 is 1.38 bits per heavy atom. The van der Waals surface area contributed by atoms with Gasteiger partial charge in [0.1, 0.15) is 5.54 Å². The number of benzene rings is 1. The summed E-state index contributed by atoms with van der Waals surface area (Å²) in [6.45, 7) is 2.73. The van der Waals surface area contributed by atoms with E-state index in [9.17, 15) is 14.4 Å². The fourth-order valence-electron chi connectivity index (χ4n) is 3.74. The second kappa shape index (κ2) is 5.94. The van der Waals surface area contributed by atoms with Gasteiger partial charge < -0.3 is 19.6 Å². The molecule has 0 bridgehead atoms. The number of piperidine rings is 1. The Kier molecular flexibility index (Phi) is 3.83. The zero-order valence-corrected chi connectivity index (χ0v) is 14.9. The van der Waals surface area contributed by atoms with Crippen LogP contribution in [0.4, 0.5) is 4.79 Å². The highest BCUT2D eigenvalue weighted by Gasteiger charge is 2.49. The lowest BCUT2D eigenvalue weighted by Gasteiger charge is -2.39. The zero-order chi connectivity index (χ0) is 18.5. The number of fused-ring (bicyclic) bond motifs is 1. The highest BCUT2D eigenvalue weighted by Crippen LogP contribution is 2.30. The van der Waals surface area contributed by atoms with Crippen LogP contribution >= 0.6 is 12.2 Å². The topological polar surface area (TPSA) is 107 Å². The maximum Gasteiger partial charge on any atom is 0.322 e. The summed E-state index contributed by atoms with van der Waals surface area (Å²) in [4.78, 5) is 41.5. The maximum atomic E-state index is 12.9. The van der Waals surface area contributed by atoms with E-state index in [0.29, 0.717) is 29.8 Å². The molecule has 0 aliphatic carbocycles. The van der Waals surface area contributed by atoms with Gasteiger partial charge in [0.05, 0.1) is 5.52 Å². The summed E-state index contributed by atoms with van der Waals surface area (Å²) in [5, 5.41) is 5.00. The van der Waals surface area contributed by atoms with Crippen LogP contribution in [-0.2, 0) is 4.79 Å². The van der Waals surface area contributed by atoms with Crippen LogP contribution in [-0.4, -0.2) is 46.4 Å². The van der Waals surface area contributed by atoms with Crippen molar-refractivity contribution in [2.75, 3.05) is 13.1 Å². The van der Waals surface area contributed by atoms with Crippen molar-refractivity contribution < 1.29 is 18.8 Å². The third-order valence-electron chi connectivity index (χ3n) is 5.26. The Hall–Kier alpha value is -2.68. The number of carbonyl (C=O) groups excluding carboxylic acids is 3. The smallest absolute Gasteiger partial charge is 0.322 e. The second-order valence-electron chi connectivity index (χ2n) is 6.93. The minimum atomic E-state index is -0.991. The third kappa shape index (κ3) is 2.68. The minimum absolute atomic E-state index is 0.120. The van der Waals surface area contributed by atoms with E-state index in [1.165, 1.54) is 0 Å². The molecule has 2 fully saturated rings. The standard InChI is InChI=1S/C17H18N4O4S/c1-17(14(23)19-15(24)20-17)10-3-2-6-21(8-10)13(22)9-4-5-12-11(7-9)18-16(26)25-12/h4-5,7,10H,2-3,6,8H2,1H3,(H,18,26)(H2,19,20,23,24). The number of aromatic nitrogens is 1. The van der Waals surface area contributed by atoms with Gasteiger partial charge in [0.15, 0.2) is 5.58 Å². The largest absolute Gasteiger partial charge is 0.429 e. The number of nitrogens with zero attached hydrogens (tertiary/aromatic N) is 1. The molecule has 0 spiro atoms. The first-order valence-electron chi connectivity index (χ1n) is 8.42. The van der Waals surface area contributed by atoms with Gasteiger partial charge in [-0.15, -0.1) is 0 Å². The van der Waals surface area contributed by atoms with Crippen molar-refractivity contribution in [1.29, 1.82) is 0 Å². The monoisotopic (exact) mass is 374 g/mol. The molecular formula is C17H18N4O4S. The number of H-pyrrole nitrogens is 1. The van der Waals surface area contributed by atoms with Gasteiger partial charge >= 0.3 is 6.03 Å². The molecule has 4 amide bonds. The number of amides is 4. The van der Waals surface area contributed by atoms with Crippen LogP contribution in [0, 0.1) is 10.8 Å². The number of oxazole rings is 1. The van der Waals surface area contributed by atoms with Gasteiger partial charge in [-0.2, -0.15) is 0 Å². The van der Waals surface area contributed by atoms with Gasteiger partial charge in [-0.25, -0.2) is 4.79 Å². The van der Waals surface area contributed by atoms with Crippen molar-refractivity contribution in [3.8, 4) is 0 Å². The van der Waals surface area contributed by atoms with Crippen LogP contribution < -0.4 is 10.6 Å². The molecular weight excluding hydrogens is 356 g/mol. The predicted octanol–water partition coefficient (Wildman–Crippen LogP) is 1.94. The summed E-state index contributed by atoms with van der Waals surface area (Å²) in [6.07, 6.45) is 1.54. The molecule has 1 aromatic carbocycles. The summed E-state index contributed by atoms with van der Waals surface area (Å²) in [7, 11) is 0. The van der Waals surface area contributed by atoms with E-state index in [-0.39, 0.29) is 22.6 Å². The van der Waals surface area contributed by atoms with Crippen molar-refractivity contribution in [2.24, 2.45) is 5.92 Å². The number of urea groups is 1. The first-order valence-corrected chi connectivity index (χ1v) is 8.83. The lowest BCUT2D eigenvalue weighted by molar-refractivity contribution is -0.125. The SMILES string of the molecule is CC1(C2CCCN(C(=O)c3ccc4oc(=S)[nH]c4c3)C2)NC(=O)NC1=O. The molecule has 3 heterocycles. The molecule has 3 N–H and O–H groups in total. The van der Waals surface area contributed by atoms with E-state index in [1.807, 2.05) is 0 Å². The van der Waals surface area contributed by atoms with Gasteiger partial charge in [-0.05, 0) is 50.2 Å². The number of carbonyl (C=O) groups is 3. The normalized spacial score (nSPS) is 26.0. The number of hydrogen-bond donors (Lipinski definition) is 3. The number of aromatic amines is 1. The molecule has 136 valence electrons. The lowest BCUT2D eigenvalue weighted by atomic mass is 9.80. The van der Waals surface area contributed by atoms with E-state index >= 15 is 0 Å². The van der Waals surface area contributed by atoms with Crippen LogP contribution in [0.5, 0.6) is 0 Å². The molecule has 2 aliphatic rings. The number of hydrogen-bond acceptors (Lipinski definition) is 5. The van der Waals surface area contributed by atoms with Gasteiger partial charge in [0, 0.05) is 24.6 Å². The highest BCUT2D eigenvalue weighted by atomic mass is 32.1. The minimum Gasteiger partial charge on any atom is -0.429 e. The van der Waals surface area contributed by atoms with E-state index in [4.69, 9.17) is 16.6 Å². The average molecular weight is 374 g/mol. The molecule has 4 rings (SSSR count). The molecule has 0 saturated carbocycles. The molecule has 2 unspecified atom stereocenters.